The van der Waals surface area contributed by atoms with Gasteiger partial charge in [-0.3, -0.25) is 0 Å². The highest BCUT2D eigenvalue weighted by Gasteiger charge is 2.63. The number of hydrogen-bond donors (Lipinski definition) is 1. The molecule has 5 atom stereocenters. The highest BCUT2D eigenvalue weighted by atomic mass is 19.1. The average molecular weight is 448 g/mol. The van der Waals surface area contributed by atoms with E-state index in [2.05, 4.69) is 30.3 Å². The van der Waals surface area contributed by atoms with Crippen LogP contribution in [0.1, 0.15) is 61.8 Å². The summed E-state index contributed by atoms with van der Waals surface area (Å²) in [5, 5.41) is 16.3. The Morgan fingerprint density at radius 3 is 2.67 bits per heavy atom. The molecular weight excluding hydrogens is 417 g/mol. The van der Waals surface area contributed by atoms with E-state index in [1.165, 1.54) is 23.3 Å². The van der Waals surface area contributed by atoms with E-state index in [4.69, 9.17) is 9.26 Å². The molecule has 0 bridgehead atoms. The number of nitrogens with zero attached hydrogens (tertiary/aromatic N) is 1. The van der Waals surface area contributed by atoms with Crippen LogP contribution in [0.3, 0.4) is 0 Å². The summed E-state index contributed by atoms with van der Waals surface area (Å²) in [5.74, 6) is 2.76. The molecule has 0 radical (unpaired) electrons. The van der Waals surface area contributed by atoms with E-state index >= 15 is 0 Å². The molecule has 2 saturated carbocycles. The topological polar surface area (TPSA) is 55.5 Å². The third-order valence-electron chi connectivity index (χ3n) is 9.14. The van der Waals surface area contributed by atoms with Crippen molar-refractivity contribution < 1.29 is 18.8 Å². The molecule has 3 aromatic rings. The van der Waals surface area contributed by atoms with Gasteiger partial charge in [-0.1, -0.05) is 18.1 Å². The second-order valence-corrected chi connectivity index (χ2v) is 10.4. The third-order valence-corrected chi connectivity index (χ3v) is 9.14. The Hall–Kier alpha value is -2.66. The van der Waals surface area contributed by atoms with E-state index in [1.54, 1.807) is 19.2 Å². The van der Waals surface area contributed by atoms with E-state index in [1.807, 2.05) is 6.07 Å². The number of ether oxygens (including phenoxy) is 1. The molecule has 0 aliphatic heterocycles. The van der Waals surface area contributed by atoms with Crippen LogP contribution >= 0.6 is 0 Å². The molecule has 1 aromatic heterocycles. The van der Waals surface area contributed by atoms with Crippen molar-refractivity contribution in [1.29, 1.82) is 0 Å². The number of fused-ring (bicyclic) bond motifs is 5. The molecule has 0 saturated heterocycles. The lowest BCUT2D eigenvalue weighted by atomic mass is 9.53. The second kappa shape index (κ2) is 7.42. The third kappa shape index (κ3) is 3.01. The first kappa shape index (κ1) is 20.9. The van der Waals surface area contributed by atoms with Gasteiger partial charge in [0.1, 0.15) is 22.9 Å². The maximum atomic E-state index is 13.3. The molecule has 6 rings (SSSR count). The van der Waals surface area contributed by atoms with Crippen LogP contribution in [0, 0.1) is 23.1 Å². The van der Waals surface area contributed by atoms with E-state index < -0.39 is 5.60 Å². The molecular formula is C28H30FNO3. The molecule has 5 heteroatoms. The number of methoxy groups -OCH3 is 1. The zero-order chi connectivity index (χ0) is 22.8. The Balaban J connectivity index is 1.31. The zero-order valence-corrected chi connectivity index (χ0v) is 19.2. The number of rotatable bonds is 3. The van der Waals surface area contributed by atoms with Gasteiger partial charge < -0.3 is 14.4 Å². The number of aryl methyl sites for hydroxylation is 1. The van der Waals surface area contributed by atoms with Crippen molar-refractivity contribution in [3.8, 4) is 17.0 Å². The maximum Gasteiger partial charge on any atom is 0.169 e. The Kier molecular flexibility index (Phi) is 4.70. The van der Waals surface area contributed by atoms with Crippen molar-refractivity contribution in [2.45, 2.75) is 57.0 Å². The van der Waals surface area contributed by atoms with Gasteiger partial charge in [-0.05, 0) is 104 Å². The fourth-order valence-corrected chi connectivity index (χ4v) is 7.33. The van der Waals surface area contributed by atoms with Gasteiger partial charge in [0.2, 0.25) is 0 Å². The fraction of sp³-hybridized carbons (Fsp3) is 0.464. The van der Waals surface area contributed by atoms with Crippen LogP contribution in [0.5, 0.6) is 5.75 Å². The fourth-order valence-electron chi connectivity index (χ4n) is 7.33. The van der Waals surface area contributed by atoms with Crippen LogP contribution in [0.2, 0.25) is 0 Å². The summed E-state index contributed by atoms with van der Waals surface area (Å²) in [6, 6.07) is 14.6. The lowest BCUT2D eigenvalue weighted by Crippen LogP contribution is -2.49. The van der Waals surface area contributed by atoms with E-state index in [9.17, 15) is 9.50 Å². The molecule has 33 heavy (non-hydrogen) atoms. The molecule has 4 nitrogen and oxygen atoms in total. The highest BCUT2D eigenvalue weighted by molar-refractivity contribution is 5.59. The van der Waals surface area contributed by atoms with Gasteiger partial charge in [-0.15, -0.1) is 0 Å². The summed E-state index contributed by atoms with van der Waals surface area (Å²) in [6.07, 6.45) is 5.91. The molecule has 3 aliphatic carbocycles. The van der Waals surface area contributed by atoms with Crippen LogP contribution in [0.15, 0.2) is 53.1 Å². The summed E-state index contributed by atoms with van der Waals surface area (Å²) in [6.45, 7) is 2.25. The van der Waals surface area contributed by atoms with Gasteiger partial charge in [0.15, 0.2) is 5.76 Å². The number of hydrogen-bond acceptors (Lipinski definition) is 4. The minimum Gasteiger partial charge on any atom is -0.497 e. The van der Waals surface area contributed by atoms with Gasteiger partial charge in [0.05, 0.1) is 7.11 Å². The molecule has 172 valence electrons. The molecule has 3 aliphatic rings. The van der Waals surface area contributed by atoms with E-state index in [0.717, 1.165) is 43.4 Å². The summed E-state index contributed by atoms with van der Waals surface area (Å²) in [5.41, 5.74) is 3.04. The molecule has 0 spiro atoms. The molecule has 1 heterocycles. The predicted molar refractivity (Wildman–Crippen MR) is 123 cm³/mol. The van der Waals surface area contributed by atoms with Gasteiger partial charge in [0, 0.05) is 17.0 Å². The van der Waals surface area contributed by atoms with Crippen molar-refractivity contribution in [3.63, 3.8) is 0 Å². The predicted octanol–water partition coefficient (Wildman–Crippen LogP) is 6.23. The molecule has 0 unspecified atom stereocenters. The smallest absolute Gasteiger partial charge is 0.169 e. The highest BCUT2D eigenvalue weighted by Crippen LogP contribution is 2.67. The number of aliphatic hydroxyl groups is 1. The SMILES string of the molecule is COc1ccc2c(c1)CC[C@@H]1[C@@H]2CC[C@@]2(C)[C@H]1CC[C@@]2(O)c1cc(-c2ccc(F)cc2)no1. The summed E-state index contributed by atoms with van der Waals surface area (Å²) >= 11 is 0. The minimum atomic E-state index is -1.03. The standard InChI is InChI=1S/C28H30FNO3/c1-27-13-11-22-21-10-8-20(32-2)15-18(21)5-9-23(22)24(27)12-14-28(27,31)26-16-25(30-33-26)17-3-6-19(29)7-4-17/h3-4,6-8,10,15-16,22-24,31H,5,9,11-14H2,1-2H3/t22-,23-,24+,27+,28-/m1/s1. The van der Waals surface area contributed by atoms with Gasteiger partial charge in [-0.25, -0.2) is 4.39 Å². The van der Waals surface area contributed by atoms with Crippen LogP contribution in [0.25, 0.3) is 11.3 Å². The number of benzene rings is 2. The molecule has 2 aromatic carbocycles. The first-order valence-electron chi connectivity index (χ1n) is 12.1. The summed E-state index contributed by atoms with van der Waals surface area (Å²) < 4.78 is 24.5. The Labute approximate surface area is 193 Å². The van der Waals surface area contributed by atoms with Crippen molar-refractivity contribution in [2.75, 3.05) is 7.11 Å². The molecule has 2 fully saturated rings. The van der Waals surface area contributed by atoms with Crippen LogP contribution in [0.4, 0.5) is 4.39 Å². The van der Waals surface area contributed by atoms with Crippen LogP contribution < -0.4 is 4.74 Å². The van der Waals surface area contributed by atoms with Crippen molar-refractivity contribution in [2.24, 2.45) is 17.3 Å². The van der Waals surface area contributed by atoms with Crippen molar-refractivity contribution in [1.82, 2.24) is 5.16 Å². The molecule has 0 amide bonds. The lowest BCUT2D eigenvalue weighted by molar-refractivity contribution is -0.122. The van der Waals surface area contributed by atoms with E-state index in [-0.39, 0.29) is 11.2 Å². The first-order valence-corrected chi connectivity index (χ1v) is 12.1. The Bertz CT molecular complexity index is 1190. The maximum absolute atomic E-state index is 13.3. The van der Waals surface area contributed by atoms with Crippen LogP contribution in [-0.4, -0.2) is 17.4 Å². The first-order chi connectivity index (χ1) is 15.9. The van der Waals surface area contributed by atoms with Gasteiger partial charge in [0.25, 0.3) is 0 Å². The van der Waals surface area contributed by atoms with Crippen molar-refractivity contribution in [3.05, 3.63) is 71.2 Å². The van der Waals surface area contributed by atoms with Gasteiger partial charge in [-0.2, -0.15) is 0 Å². The second-order valence-electron chi connectivity index (χ2n) is 10.4. The number of halogens is 1. The van der Waals surface area contributed by atoms with Crippen molar-refractivity contribution >= 4 is 0 Å². The quantitative estimate of drug-likeness (QED) is 0.517. The van der Waals surface area contributed by atoms with Gasteiger partial charge >= 0.3 is 0 Å². The largest absolute Gasteiger partial charge is 0.497 e. The Morgan fingerprint density at radius 1 is 1.06 bits per heavy atom. The zero-order valence-electron chi connectivity index (χ0n) is 19.2. The Morgan fingerprint density at radius 2 is 1.88 bits per heavy atom. The normalized spacial score (nSPS) is 32.7. The molecule has 1 N–H and O–H groups in total. The lowest BCUT2D eigenvalue weighted by Gasteiger charge is -2.52. The van der Waals surface area contributed by atoms with E-state index in [0.29, 0.717) is 35.6 Å². The minimum absolute atomic E-state index is 0.252. The van der Waals surface area contributed by atoms with Crippen LogP contribution in [-0.2, 0) is 12.0 Å². The summed E-state index contributed by atoms with van der Waals surface area (Å²) in [7, 11) is 1.73. The summed E-state index contributed by atoms with van der Waals surface area (Å²) in [4.78, 5) is 0. The average Bonchev–Trinajstić information content (AvgIpc) is 3.43. The monoisotopic (exact) mass is 447 g/mol. The number of aromatic nitrogens is 1.